The number of nitrogens with one attached hydrogen (secondary N) is 1. The summed E-state index contributed by atoms with van der Waals surface area (Å²) in [5.41, 5.74) is 6.91. The number of rotatable bonds is 5. The van der Waals surface area contributed by atoms with Gasteiger partial charge in [-0.15, -0.1) is 12.4 Å². The van der Waals surface area contributed by atoms with E-state index in [1.165, 1.54) is 18.9 Å². The van der Waals surface area contributed by atoms with Crippen LogP contribution in [0.2, 0.25) is 0 Å². The Morgan fingerprint density at radius 2 is 2.10 bits per heavy atom. The molecular formula is C13H20ClN3O3. The summed E-state index contributed by atoms with van der Waals surface area (Å²) < 4.78 is 4.82. The van der Waals surface area contributed by atoms with E-state index in [1.54, 1.807) is 31.3 Å². The first-order chi connectivity index (χ1) is 8.95. The maximum Gasteiger partial charge on any atom is 0.243 e. The van der Waals surface area contributed by atoms with Gasteiger partial charge in [-0.2, -0.15) is 0 Å². The third-order valence-electron chi connectivity index (χ3n) is 2.66. The number of nitrogens with two attached hydrogens (primary N) is 1. The number of anilines is 2. The highest BCUT2D eigenvalue weighted by Crippen LogP contribution is 2.18. The van der Waals surface area contributed by atoms with Crippen molar-refractivity contribution >= 4 is 35.6 Å². The lowest BCUT2D eigenvalue weighted by molar-refractivity contribution is -0.118. The number of ether oxygens (including phenoxy) is 1. The molecule has 1 aromatic carbocycles. The molecule has 2 amide bonds. The van der Waals surface area contributed by atoms with Crippen LogP contribution in [0.1, 0.15) is 6.92 Å². The van der Waals surface area contributed by atoms with Crippen LogP contribution in [0.5, 0.6) is 0 Å². The first-order valence-corrected chi connectivity index (χ1v) is 5.85. The van der Waals surface area contributed by atoms with Crippen LogP contribution >= 0.6 is 12.4 Å². The second-order valence-electron chi connectivity index (χ2n) is 4.18. The van der Waals surface area contributed by atoms with Crippen molar-refractivity contribution in [3.8, 4) is 0 Å². The highest BCUT2D eigenvalue weighted by Gasteiger charge is 2.13. The highest BCUT2D eigenvalue weighted by atomic mass is 35.5. The van der Waals surface area contributed by atoms with E-state index in [1.807, 2.05) is 0 Å². The molecule has 6 nitrogen and oxygen atoms in total. The van der Waals surface area contributed by atoms with E-state index in [0.717, 1.165) is 0 Å². The fourth-order valence-electron chi connectivity index (χ4n) is 1.46. The summed E-state index contributed by atoms with van der Waals surface area (Å²) in [5.74, 6) is -0.413. The summed E-state index contributed by atoms with van der Waals surface area (Å²) in [6, 6.07) is 6.26. The average Bonchev–Trinajstić information content (AvgIpc) is 2.38. The second kappa shape index (κ2) is 8.52. The number of methoxy groups -OCH3 is 1. The van der Waals surface area contributed by atoms with E-state index in [4.69, 9.17) is 10.5 Å². The van der Waals surface area contributed by atoms with Crippen molar-refractivity contribution in [2.24, 2.45) is 5.73 Å². The number of amides is 2. The summed E-state index contributed by atoms with van der Waals surface area (Å²) in [6.45, 7) is 1.62. The van der Waals surface area contributed by atoms with E-state index in [2.05, 4.69) is 5.32 Å². The molecule has 0 fully saturated rings. The van der Waals surface area contributed by atoms with Crippen molar-refractivity contribution < 1.29 is 14.3 Å². The maximum absolute atomic E-state index is 11.7. The molecule has 1 unspecified atom stereocenters. The van der Waals surface area contributed by atoms with Gasteiger partial charge in [-0.1, -0.05) is 6.07 Å². The van der Waals surface area contributed by atoms with Gasteiger partial charge in [0.2, 0.25) is 11.8 Å². The van der Waals surface area contributed by atoms with Crippen LogP contribution in [0.3, 0.4) is 0 Å². The average molecular weight is 302 g/mol. The van der Waals surface area contributed by atoms with Crippen molar-refractivity contribution in [2.45, 2.75) is 13.0 Å². The molecule has 0 saturated heterocycles. The normalized spacial score (nSPS) is 11.2. The highest BCUT2D eigenvalue weighted by molar-refractivity contribution is 5.96. The Morgan fingerprint density at radius 3 is 2.65 bits per heavy atom. The molecule has 0 spiro atoms. The Balaban J connectivity index is 0.00000361. The van der Waals surface area contributed by atoms with Crippen molar-refractivity contribution in [1.29, 1.82) is 0 Å². The summed E-state index contributed by atoms with van der Waals surface area (Å²) in [4.78, 5) is 24.5. The lowest BCUT2D eigenvalue weighted by Gasteiger charge is -2.17. The predicted molar refractivity (Wildman–Crippen MR) is 81.3 cm³/mol. The minimum Gasteiger partial charge on any atom is -0.383 e. The zero-order chi connectivity index (χ0) is 14.4. The first kappa shape index (κ1) is 18.4. The topological polar surface area (TPSA) is 84.7 Å². The smallest absolute Gasteiger partial charge is 0.243 e. The van der Waals surface area contributed by atoms with Gasteiger partial charge >= 0.3 is 0 Å². The zero-order valence-electron chi connectivity index (χ0n) is 11.8. The van der Waals surface area contributed by atoms with Gasteiger partial charge in [-0.05, 0) is 18.2 Å². The number of hydrogen-bond donors (Lipinski definition) is 2. The molecule has 0 aliphatic heterocycles. The quantitative estimate of drug-likeness (QED) is 0.850. The number of hydrogen-bond acceptors (Lipinski definition) is 4. The van der Waals surface area contributed by atoms with E-state index >= 15 is 0 Å². The molecule has 0 saturated carbocycles. The van der Waals surface area contributed by atoms with Gasteiger partial charge in [0.1, 0.15) is 6.04 Å². The molecule has 0 aliphatic carbocycles. The molecule has 112 valence electrons. The lowest BCUT2D eigenvalue weighted by atomic mass is 10.2. The van der Waals surface area contributed by atoms with E-state index < -0.39 is 6.04 Å². The Morgan fingerprint density at radius 1 is 1.45 bits per heavy atom. The molecule has 1 atom stereocenters. The Hall–Kier alpha value is -1.63. The SMILES string of the molecule is COCC(N)C(=O)Nc1cccc(N(C)C(C)=O)c1.Cl. The van der Waals surface area contributed by atoms with Crippen LogP contribution in [-0.2, 0) is 14.3 Å². The standard InChI is InChI=1S/C13H19N3O3.ClH/c1-9(17)16(2)11-6-4-5-10(7-11)15-13(18)12(14)8-19-3;/h4-7,12H,8,14H2,1-3H3,(H,15,18);1H. The number of carbonyl (C=O) groups excluding carboxylic acids is 2. The van der Waals surface area contributed by atoms with Gasteiger partial charge in [0.15, 0.2) is 0 Å². The molecule has 0 bridgehead atoms. The van der Waals surface area contributed by atoms with Gasteiger partial charge in [0, 0.05) is 32.5 Å². The third kappa shape index (κ3) is 5.16. The summed E-state index contributed by atoms with van der Waals surface area (Å²) in [6.07, 6.45) is 0. The first-order valence-electron chi connectivity index (χ1n) is 5.85. The molecule has 20 heavy (non-hydrogen) atoms. The fraction of sp³-hybridized carbons (Fsp3) is 0.385. The summed E-state index contributed by atoms with van der Waals surface area (Å²) in [7, 11) is 3.15. The minimum absolute atomic E-state index is 0. The van der Waals surface area contributed by atoms with E-state index in [-0.39, 0.29) is 30.8 Å². The van der Waals surface area contributed by atoms with Crippen LogP contribution in [0.25, 0.3) is 0 Å². The molecule has 7 heteroatoms. The van der Waals surface area contributed by atoms with Crippen LogP contribution in [0, 0.1) is 0 Å². The number of carbonyl (C=O) groups is 2. The largest absolute Gasteiger partial charge is 0.383 e. The van der Waals surface area contributed by atoms with Crippen molar-refractivity contribution in [3.63, 3.8) is 0 Å². The molecular weight excluding hydrogens is 282 g/mol. The number of nitrogens with zero attached hydrogens (tertiary/aromatic N) is 1. The van der Waals surface area contributed by atoms with Crippen LogP contribution < -0.4 is 16.0 Å². The maximum atomic E-state index is 11.7. The van der Waals surface area contributed by atoms with Gasteiger partial charge < -0.3 is 20.7 Å². The Labute approximate surface area is 124 Å². The Kier molecular flexibility index (Phi) is 7.83. The molecule has 0 aliphatic rings. The van der Waals surface area contributed by atoms with E-state index in [9.17, 15) is 9.59 Å². The monoisotopic (exact) mass is 301 g/mol. The van der Waals surface area contributed by atoms with Gasteiger partial charge in [0.05, 0.1) is 6.61 Å². The van der Waals surface area contributed by atoms with Gasteiger partial charge in [-0.25, -0.2) is 0 Å². The predicted octanol–water partition coefficient (Wildman–Crippen LogP) is 1.00. The number of halogens is 1. The Bertz CT molecular complexity index is 468. The number of benzene rings is 1. The second-order valence-corrected chi connectivity index (χ2v) is 4.18. The van der Waals surface area contributed by atoms with Crippen molar-refractivity contribution in [1.82, 2.24) is 0 Å². The molecule has 0 radical (unpaired) electrons. The minimum atomic E-state index is -0.723. The molecule has 3 N–H and O–H groups in total. The summed E-state index contributed by atoms with van der Waals surface area (Å²) >= 11 is 0. The van der Waals surface area contributed by atoms with Crippen LogP contribution in [0.4, 0.5) is 11.4 Å². The molecule has 1 aromatic rings. The van der Waals surface area contributed by atoms with Gasteiger partial charge in [-0.3, -0.25) is 9.59 Å². The molecule has 0 aromatic heterocycles. The third-order valence-corrected chi connectivity index (χ3v) is 2.66. The van der Waals surface area contributed by atoms with E-state index in [0.29, 0.717) is 11.4 Å². The van der Waals surface area contributed by atoms with Crippen molar-refractivity contribution in [3.05, 3.63) is 24.3 Å². The zero-order valence-corrected chi connectivity index (χ0v) is 12.6. The fourth-order valence-corrected chi connectivity index (χ4v) is 1.46. The van der Waals surface area contributed by atoms with Crippen LogP contribution in [0.15, 0.2) is 24.3 Å². The summed E-state index contributed by atoms with van der Waals surface area (Å²) in [5, 5.41) is 2.68. The molecule has 0 heterocycles. The van der Waals surface area contributed by atoms with Gasteiger partial charge in [0.25, 0.3) is 0 Å². The molecule has 1 rings (SSSR count). The van der Waals surface area contributed by atoms with Crippen molar-refractivity contribution in [2.75, 3.05) is 31.0 Å². The van der Waals surface area contributed by atoms with Crippen LogP contribution in [-0.4, -0.2) is 38.6 Å². The lowest BCUT2D eigenvalue weighted by Crippen LogP contribution is -2.39.